The molecule has 5 heterocycles. The first-order chi connectivity index (χ1) is 19.2. The van der Waals surface area contributed by atoms with Crippen molar-refractivity contribution in [3.8, 4) is 11.7 Å². The van der Waals surface area contributed by atoms with Crippen LogP contribution in [0.4, 0.5) is 11.7 Å². The summed E-state index contributed by atoms with van der Waals surface area (Å²) in [5.74, 6) is 0.517. The number of furan rings is 1. The van der Waals surface area contributed by atoms with Crippen LogP contribution in [0.2, 0.25) is 0 Å². The zero-order chi connectivity index (χ0) is 26.2. The molecule has 7 rings (SSSR count). The van der Waals surface area contributed by atoms with Gasteiger partial charge in [0, 0.05) is 36.8 Å². The molecule has 1 atom stereocenters. The van der Waals surface area contributed by atoms with Gasteiger partial charge in [0.15, 0.2) is 11.9 Å². The monoisotopic (exact) mass is 520 g/mol. The van der Waals surface area contributed by atoms with Crippen LogP contribution in [0.25, 0.3) is 22.8 Å². The number of pyridine rings is 1. The summed E-state index contributed by atoms with van der Waals surface area (Å²) < 4.78 is 17.6. The summed E-state index contributed by atoms with van der Waals surface area (Å²) in [5, 5.41) is 12.3. The van der Waals surface area contributed by atoms with Crippen LogP contribution >= 0.6 is 0 Å². The van der Waals surface area contributed by atoms with E-state index in [0.29, 0.717) is 37.8 Å². The molecule has 3 aromatic heterocycles. The average molecular weight is 521 g/mol. The molecule has 2 aliphatic rings. The predicted molar refractivity (Wildman–Crippen MR) is 145 cm³/mol. The lowest BCUT2D eigenvalue weighted by Crippen LogP contribution is -2.36. The van der Waals surface area contributed by atoms with E-state index in [-0.39, 0.29) is 24.1 Å². The molecule has 1 saturated heterocycles. The molecule has 194 valence electrons. The van der Waals surface area contributed by atoms with Crippen molar-refractivity contribution in [3.05, 3.63) is 89.6 Å². The van der Waals surface area contributed by atoms with Crippen molar-refractivity contribution in [1.29, 1.82) is 0 Å². The van der Waals surface area contributed by atoms with Gasteiger partial charge in [-0.2, -0.15) is 0 Å². The molecule has 10 nitrogen and oxygen atoms in total. The zero-order valence-electron chi connectivity index (χ0n) is 20.9. The lowest BCUT2D eigenvalue weighted by molar-refractivity contribution is -0.119. The Balaban J connectivity index is 1.24. The smallest absolute Gasteiger partial charge is 0.317 e. The van der Waals surface area contributed by atoms with Crippen LogP contribution in [-0.4, -0.2) is 59.1 Å². The van der Waals surface area contributed by atoms with E-state index in [1.54, 1.807) is 6.20 Å². The summed E-state index contributed by atoms with van der Waals surface area (Å²) >= 11 is 0. The Morgan fingerprint density at radius 2 is 1.72 bits per heavy atom. The Hall–Kier alpha value is -4.83. The Labute approximate surface area is 223 Å². The van der Waals surface area contributed by atoms with Crippen LogP contribution in [0.1, 0.15) is 16.7 Å². The number of ether oxygens (including phenoxy) is 1. The quantitative estimate of drug-likeness (QED) is 0.365. The van der Waals surface area contributed by atoms with Crippen LogP contribution in [-0.2, 0) is 16.0 Å². The van der Waals surface area contributed by atoms with Gasteiger partial charge in [-0.25, -0.2) is 4.98 Å². The second kappa shape index (κ2) is 9.80. The molecular weight excluding hydrogens is 496 g/mol. The second-order valence-electron chi connectivity index (χ2n) is 9.34. The van der Waals surface area contributed by atoms with Crippen LogP contribution in [0.5, 0.6) is 0 Å². The van der Waals surface area contributed by atoms with Gasteiger partial charge in [0.05, 0.1) is 30.0 Å². The third-order valence-corrected chi connectivity index (χ3v) is 6.89. The van der Waals surface area contributed by atoms with Gasteiger partial charge < -0.3 is 23.8 Å². The number of carbonyl (C=O) groups is 1. The van der Waals surface area contributed by atoms with Crippen molar-refractivity contribution in [2.45, 2.75) is 12.6 Å². The van der Waals surface area contributed by atoms with Crippen LogP contribution < -0.4 is 10.2 Å². The molecule has 0 unspecified atom stereocenters. The number of hydrogen-bond acceptors (Lipinski definition) is 10. The van der Waals surface area contributed by atoms with E-state index in [2.05, 4.69) is 25.4 Å². The number of morpholine rings is 1. The van der Waals surface area contributed by atoms with Crippen molar-refractivity contribution in [1.82, 2.24) is 15.2 Å². The highest BCUT2D eigenvalue weighted by Gasteiger charge is 2.30. The number of rotatable bonds is 5. The highest BCUT2D eigenvalue weighted by atomic mass is 16.5. The lowest BCUT2D eigenvalue weighted by atomic mass is 9.96. The molecule has 0 bridgehead atoms. The molecule has 5 aromatic rings. The van der Waals surface area contributed by atoms with Crippen molar-refractivity contribution in [3.63, 3.8) is 0 Å². The van der Waals surface area contributed by atoms with Crippen molar-refractivity contribution in [2.75, 3.05) is 36.5 Å². The van der Waals surface area contributed by atoms with Crippen molar-refractivity contribution < 1.29 is 18.4 Å². The lowest BCUT2D eigenvalue weighted by Gasteiger charge is -2.28. The maximum Gasteiger partial charge on any atom is 0.317 e. The van der Waals surface area contributed by atoms with Gasteiger partial charge >= 0.3 is 6.01 Å². The summed E-state index contributed by atoms with van der Waals surface area (Å²) in [7, 11) is 0. The first-order valence-electron chi connectivity index (χ1n) is 12.8. The minimum Gasteiger partial charge on any atom is -0.430 e. The number of nitrogens with one attached hydrogen (secondary N) is 1. The van der Waals surface area contributed by atoms with Gasteiger partial charge in [-0.05, 0) is 17.7 Å². The molecule has 0 spiro atoms. The third-order valence-electron chi connectivity index (χ3n) is 6.89. The molecule has 1 N–H and O–H groups in total. The minimum absolute atomic E-state index is 0.0758. The Morgan fingerprint density at radius 1 is 0.897 bits per heavy atom. The van der Waals surface area contributed by atoms with E-state index in [1.165, 1.54) is 0 Å². The Morgan fingerprint density at radius 3 is 2.59 bits per heavy atom. The van der Waals surface area contributed by atoms with Gasteiger partial charge in [-0.1, -0.05) is 59.7 Å². The number of carbonyl (C=O) groups excluding carboxylic acids is 1. The maximum atomic E-state index is 13.3. The first kappa shape index (κ1) is 23.3. The fourth-order valence-electron chi connectivity index (χ4n) is 5.06. The molecule has 0 amide bonds. The number of ketones is 1. The van der Waals surface area contributed by atoms with Gasteiger partial charge in [0.25, 0.3) is 5.89 Å². The van der Waals surface area contributed by atoms with E-state index >= 15 is 0 Å². The summed E-state index contributed by atoms with van der Waals surface area (Å²) in [6.07, 6.45) is 1.000. The largest absolute Gasteiger partial charge is 0.430 e. The third kappa shape index (κ3) is 4.34. The van der Waals surface area contributed by atoms with Crippen LogP contribution in [0.3, 0.4) is 0 Å². The van der Waals surface area contributed by atoms with Crippen molar-refractivity contribution in [2.24, 2.45) is 4.99 Å². The van der Waals surface area contributed by atoms with E-state index in [1.807, 2.05) is 66.7 Å². The standard InChI is InChI=1S/C29H24N6O4/c36-22-17-19-9-4-5-10-20(19)23(18-7-2-1-3-8-18)31-26(22)32-29-34-33-28(39-29)25-24(35-13-15-37-16-14-35)21-11-6-12-30-27(21)38-25/h1-12,26H,13-17H2,(H,32,34)/t26-/m1/s1. The topological polar surface area (TPSA) is 119 Å². The summed E-state index contributed by atoms with van der Waals surface area (Å²) in [4.78, 5) is 24.7. The van der Waals surface area contributed by atoms with Crippen LogP contribution in [0, 0.1) is 0 Å². The first-order valence-corrected chi connectivity index (χ1v) is 12.8. The Bertz CT molecular complexity index is 1690. The predicted octanol–water partition coefficient (Wildman–Crippen LogP) is 4.12. The summed E-state index contributed by atoms with van der Waals surface area (Å²) in [6, 6.07) is 21.6. The van der Waals surface area contributed by atoms with E-state index in [0.717, 1.165) is 33.5 Å². The Kier molecular flexibility index (Phi) is 5.86. The number of aromatic nitrogens is 3. The maximum absolute atomic E-state index is 13.3. The van der Waals surface area contributed by atoms with Gasteiger partial charge in [-0.3, -0.25) is 9.79 Å². The highest BCUT2D eigenvalue weighted by molar-refractivity contribution is 6.16. The highest BCUT2D eigenvalue weighted by Crippen LogP contribution is 2.40. The van der Waals surface area contributed by atoms with E-state index in [9.17, 15) is 4.79 Å². The average Bonchev–Trinajstić information content (AvgIpc) is 3.58. The summed E-state index contributed by atoms with van der Waals surface area (Å²) in [6.45, 7) is 2.61. The normalized spacial score (nSPS) is 17.5. The minimum atomic E-state index is -0.906. The van der Waals surface area contributed by atoms with Gasteiger partial charge in [-0.15, -0.1) is 5.10 Å². The molecule has 2 aromatic carbocycles. The zero-order valence-corrected chi connectivity index (χ0v) is 20.9. The van der Waals surface area contributed by atoms with E-state index < -0.39 is 6.17 Å². The fraction of sp³-hybridized carbons (Fsp3) is 0.207. The van der Waals surface area contributed by atoms with Gasteiger partial charge in [0.2, 0.25) is 11.5 Å². The molecule has 2 aliphatic heterocycles. The molecule has 0 radical (unpaired) electrons. The number of nitrogens with zero attached hydrogens (tertiary/aromatic N) is 5. The number of benzene rings is 2. The molecule has 10 heteroatoms. The van der Waals surface area contributed by atoms with Crippen molar-refractivity contribution >= 4 is 34.3 Å². The number of anilines is 2. The van der Waals surface area contributed by atoms with E-state index in [4.69, 9.17) is 18.6 Å². The fourth-order valence-corrected chi connectivity index (χ4v) is 5.06. The molecular formula is C29H24N6O4. The number of hydrogen-bond donors (Lipinski definition) is 1. The molecule has 0 aliphatic carbocycles. The molecule has 1 fully saturated rings. The number of fused-ring (bicyclic) bond motifs is 2. The second-order valence-corrected chi connectivity index (χ2v) is 9.34. The number of Topliss-reactive ketones (excluding diaryl/α,β-unsaturated/α-hetero) is 1. The summed E-state index contributed by atoms with van der Waals surface area (Å²) in [5.41, 5.74) is 4.82. The number of aliphatic imine (C=N–C) groups is 1. The molecule has 0 saturated carbocycles. The SMILES string of the molecule is O=C1Cc2ccccc2C(c2ccccc2)=N[C@@H]1Nc1nnc(-c2oc3ncccc3c2N2CCOCC2)o1. The van der Waals surface area contributed by atoms with Crippen LogP contribution in [0.15, 0.2) is 86.8 Å². The molecule has 39 heavy (non-hydrogen) atoms. The van der Waals surface area contributed by atoms with Gasteiger partial charge in [0.1, 0.15) is 0 Å².